The predicted molar refractivity (Wildman–Crippen MR) is 114 cm³/mol. The molecule has 2 aromatic carbocycles. The number of nitro benzene ring substituents is 1. The first-order chi connectivity index (χ1) is 14.8. The van der Waals surface area contributed by atoms with Gasteiger partial charge in [0.05, 0.1) is 11.5 Å². The maximum absolute atomic E-state index is 12.6. The van der Waals surface area contributed by atoms with Gasteiger partial charge in [0, 0.05) is 22.7 Å². The molecule has 156 valence electrons. The van der Waals surface area contributed by atoms with E-state index in [2.05, 4.69) is 5.32 Å². The van der Waals surface area contributed by atoms with Gasteiger partial charge in [-0.2, -0.15) is 0 Å². The Morgan fingerprint density at radius 2 is 1.81 bits per heavy atom. The highest BCUT2D eigenvalue weighted by Gasteiger charge is 2.33. The Morgan fingerprint density at radius 1 is 1.06 bits per heavy atom. The molecular weight excluding hydrogens is 445 g/mol. The number of benzene rings is 2. The molecule has 4 rings (SSSR count). The zero-order valence-electron chi connectivity index (χ0n) is 15.7. The Morgan fingerprint density at radius 3 is 2.52 bits per heavy atom. The van der Waals surface area contributed by atoms with Gasteiger partial charge in [0.1, 0.15) is 22.2 Å². The number of furan rings is 1. The first-order valence-corrected chi connectivity index (χ1v) is 9.70. The first-order valence-electron chi connectivity index (χ1n) is 8.95. The van der Waals surface area contributed by atoms with Gasteiger partial charge in [-0.15, -0.1) is 0 Å². The Bertz CT molecular complexity index is 1230. The van der Waals surface area contributed by atoms with E-state index < -0.39 is 16.9 Å². The van der Waals surface area contributed by atoms with Crippen LogP contribution in [0.4, 0.5) is 10.5 Å². The largest absolute Gasteiger partial charge is 0.457 e. The summed E-state index contributed by atoms with van der Waals surface area (Å²) < 4.78 is 5.68. The second kappa shape index (κ2) is 8.25. The molecular formula is C21H13Cl2N3O5. The van der Waals surface area contributed by atoms with Gasteiger partial charge in [-0.1, -0.05) is 35.3 Å². The summed E-state index contributed by atoms with van der Waals surface area (Å²) in [5.74, 6) is 0.144. The molecule has 1 fully saturated rings. The number of amides is 3. The number of halogens is 2. The maximum atomic E-state index is 12.6. The summed E-state index contributed by atoms with van der Waals surface area (Å²) in [6.07, 6.45) is 1.40. The van der Waals surface area contributed by atoms with Crippen LogP contribution in [-0.2, 0) is 11.3 Å². The van der Waals surface area contributed by atoms with Gasteiger partial charge in [0.2, 0.25) is 0 Å². The molecule has 3 amide bonds. The van der Waals surface area contributed by atoms with Crippen molar-refractivity contribution in [1.82, 2.24) is 10.2 Å². The summed E-state index contributed by atoms with van der Waals surface area (Å²) in [5.41, 5.74) is 1.01. The number of rotatable bonds is 5. The van der Waals surface area contributed by atoms with E-state index in [9.17, 15) is 19.7 Å². The van der Waals surface area contributed by atoms with Crippen LogP contribution in [0.15, 0.2) is 64.7 Å². The van der Waals surface area contributed by atoms with Crippen LogP contribution in [0.5, 0.6) is 0 Å². The SMILES string of the molecule is O=C1NC(=Cc2ccc(-c3ccc(Cl)c([N+](=O)[O-])c3)o2)C(=O)N1Cc1ccc(Cl)cc1. The number of hydrogen-bond acceptors (Lipinski definition) is 5. The molecule has 0 spiro atoms. The maximum Gasteiger partial charge on any atom is 0.329 e. The average molecular weight is 458 g/mol. The number of nitrogens with zero attached hydrogens (tertiary/aromatic N) is 2. The van der Waals surface area contributed by atoms with Crippen molar-refractivity contribution in [2.45, 2.75) is 6.54 Å². The molecule has 10 heteroatoms. The summed E-state index contributed by atoms with van der Waals surface area (Å²) in [7, 11) is 0. The molecule has 1 aliphatic rings. The van der Waals surface area contributed by atoms with Gasteiger partial charge >= 0.3 is 6.03 Å². The van der Waals surface area contributed by atoms with Crippen molar-refractivity contribution in [2.75, 3.05) is 0 Å². The van der Waals surface area contributed by atoms with E-state index in [0.717, 1.165) is 10.5 Å². The summed E-state index contributed by atoms with van der Waals surface area (Å²) in [5, 5.41) is 14.2. The van der Waals surface area contributed by atoms with Crippen LogP contribution in [0.25, 0.3) is 17.4 Å². The van der Waals surface area contributed by atoms with Crippen LogP contribution in [0.3, 0.4) is 0 Å². The monoisotopic (exact) mass is 457 g/mol. The number of hydrogen-bond donors (Lipinski definition) is 1. The molecule has 0 saturated carbocycles. The lowest BCUT2D eigenvalue weighted by Crippen LogP contribution is -2.30. The van der Waals surface area contributed by atoms with Crippen molar-refractivity contribution in [3.05, 3.63) is 91.8 Å². The number of urea groups is 1. The molecule has 1 saturated heterocycles. The van der Waals surface area contributed by atoms with E-state index in [-0.39, 0.29) is 23.0 Å². The van der Waals surface area contributed by atoms with Crippen LogP contribution < -0.4 is 5.32 Å². The molecule has 2 heterocycles. The van der Waals surface area contributed by atoms with Crippen molar-refractivity contribution in [3.63, 3.8) is 0 Å². The summed E-state index contributed by atoms with van der Waals surface area (Å²) in [6.45, 7) is 0.0943. The second-order valence-electron chi connectivity index (χ2n) is 6.63. The fourth-order valence-corrected chi connectivity index (χ4v) is 3.33. The van der Waals surface area contributed by atoms with E-state index in [0.29, 0.717) is 22.1 Å². The van der Waals surface area contributed by atoms with Crippen LogP contribution in [0.2, 0.25) is 10.0 Å². The second-order valence-corrected chi connectivity index (χ2v) is 7.47. The molecule has 0 radical (unpaired) electrons. The molecule has 8 nitrogen and oxygen atoms in total. The predicted octanol–water partition coefficient (Wildman–Crippen LogP) is 5.25. The molecule has 0 aliphatic carbocycles. The molecule has 0 unspecified atom stereocenters. The zero-order valence-corrected chi connectivity index (χ0v) is 17.2. The third-order valence-corrected chi connectivity index (χ3v) is 5.13. The van der Waals surface area contributed by atoms with Gasteiger partial charge in [0.25, 0.3) is 11.6 Å². The number of carbonyl (C=O) groups is 2. The summed E-state index contributed by atoms with van der Waals surface area (Å²) in [4.78, 5) is 36.4. The fourth-order valence-electron chi connectivity index (χ4n) is 3.02. The lowest BCUT2D eigenvalue weighted by molar-refractivity contribution is -0.384. The molecule has 0 atom stereocenters. The van der Waals surface area contributed by atoms with Crippen molar-refractivity contribution >= 4 is 46.9 Å². The zero-order chi connectivity index (χ0) is 22.1. The Balaban J connectivity index is 1.55. The van der Waals surface area contributed by atoms with Crippen LogP contribution in [-0.4, -0.2) is 21.8 Å². The quantitative estimate of drug-likeness (QED) is 0.243. The Kier molecular flexibility index (Phi) is 5.50. The lowest BCUT2D eigenvalue weighted by atomic mass is 10.1. The molecule has 1 aromatic heterocycles. The highest BCUT2D eigenvalue weighted by molar-refractivity contribution is 6.32. The van der Waals surface area contributed by atoms with Crippen molar-refractivity contribution < 1.29 is 18.9 Å². The first kappa shape index (κ1) is 20.6. The van der Waals surface area contributed by atoms with Crippen LogP contribution in [0, 0.1) is 10.1 Å². The Labute approximate surface area is 185 Å². The van der Waals surface area contributed by atoms with Gasteiger partial charge < -0.3 is 9.73 Å². The molecule has 1 aliphatic heterocycles. The number of imide groups is 1. The van der Waals surface area contributed by atoms with E-state index in [1.165, 1.54) is 18.2 Å². The highest BCUT2D eigenvalue weighted by atomic mass is 35.5. The number of carbonyl (C=O) groups excluding carboxylic acids is 2. The normalized spacial score (nSPS) is 14.9. The van der Waals surface area contributed by atoms with E-state index in [1.54, 1.807) is 42.5 Å². The van der Waals surface area contributed by atoms with Crippen molar-refractivity contribution in [1.29, 1.82) is 0 Å². The minimum absolute atomic E-state index is 0.0164. The van der Waals surface area contributed by atoms with Crippen molar-refractivity contribution in [2.24, 2.45) is 0 Å². The smallest absolute Gasteiger partial charge is 0.329 e. The third-order valence-electron chi connectivity index (χ3n) is 4.56. The highest BCUT2D eigenvalue weighted by Crippen LogP contribution is 2.31. The lowest BCUT2D eigenvalue weighted by Gasteiger charge is -2.11. The van der Waals surface area contributed by atoms with Gasteiger partial charge in [-0.3, -0.25) is 19.8 Å². The minimum Gasteiger partial charge on any atom is -0.457 e. The summed E-state index contributed by atoms with van der Waals surface area (Å²) in [6, 6.07) is 13.8. The van der Waals surface area contributed by atoms with Gasteiger partial charge in [-0.25, -0.2) is 4.79 Å². The van der Waals surface area contributed by atoms with E-state index >= 15 is 0 Å². The topological polar surface area (TPSA) is 106 Å². The van der Waals surface area contributed by atoms with Crippen molar-refractivity contribution in [3.8, 4) is 11.3 Å². The fraction of sp³-hybridized carbons (Fsp3) is 0.0476. The Hall–Kier alpha value is -3.62. The standard InChI is InChI=1S/C21H13Cl2N3O5/c22-14-4-1-12(2-5-14)11-25-20(27)17(24-21(25)28)10-15-6-8-19(31-15)13-3-7-16(23)18(9-13)26(29)30/h1-10H,11H2,(H,24,28). The van der Waals surface area contributed by atoms with Crippen LogP contribution >= 0.6 is 23.2 Å². The number of nitro groups is 1. The van der Waals surface area contributed by atoms with Gasteiger partial charge in [-0.05, 0) is 42.0 Å². The van der Waals surface area contributed by atoms with E-state index in [1.807, 2.05) is 0 Å². The van der Waals surface area contributed by atoms with Crippen LogP contribution in [0.1, 0.15) is 11.3 Å². The minimum atomic E-state index is -0.584. The number of nitrogens with one attached hydrogen (secondary N) is 1. The molecule has 1 N–H and O–H groups in total. The average Bonchev–Trinajstić information content (AvgIpc) is 3.30. The molecule has 3 aromatic rings. The third kappa shape index (κ3) is 4.30. The summed E-state index contributed by atoms with van der Waals surface area (Å²) >= 11 is 11.7. The molecule has 0 bridgehead atoms. The van der Waals surface area contributed by atoms with Gasteiger partial charge in [0.15, 0.2) is 0 Å². The molecule has 31 heavy (non-hydrogen) atoms. The van der Waals surface area contributed by atoms with E-state index in [4.69, 9.17) is 27.6 Å².